The van der Waals surface area contributed by atoms with Gasteiger partial charge in [-0.1, -0.05) is 68.1 Å². The minimum atomic E-state index is -4.75. The second kappa shape index (κ2) is 14.0. The summed E-state index contributed by atoms with van der Waals surface area (Å²) in [5.74, 6) is 0.600. The molecule has 1 aromatic heterocycles. The Morgan fingerprint density at radius 1 is 1.09 bits per heavy atom. The molecule has 4 aromatic rings. The molecule has 1 aliphatic heterocycles. The van der Waals surface area contributed by atoms with Gasteiger partial charge in [-0.25, -0.2) is 14.5 Å². The lowest BCUT2D eigenvalue weighted by Gasteiger charge is -2.19. The van der Waals surface area contributed by atoms with Crippen molar-refractivity contribution in [3.05, 3.63) is 90.3 Å². The van der Waals surface area contributed by atoms with Crippen molar-refractivity contribution in [3.8, 4) is 22.8 Å². The zero-order chi connectivity index (χ0) is 32.0. The van der Waals surface area contributed by atoms with E-state index in [2.05, 4.69) is 32.1 Å². The van der Waals surface area contributed by atoms with Crippen LogP contribution in [0.15, 0.2) is 84.1 Å². The lowest BCUT2D eigenvalue weighted by Crippen LogP contribution is -2.32. The zero-order valence-electron chi connectivity index (χ0n) is 24.6. The third-order valence-corrected chi connectivity index (χ3v) is 8.04. The Kier molecular flexibility index (Phi) is 9.87. The summed E-state index contributed by atoms with van der Waals surface area (Å²) >= 11 is 1.26. The first-order valence-corrected chi connectivity index (χ1v) is 15.4. The lowest BCUT2D eigenvalue weighted by atomic mass is 9.97. The highest BCUT2D eigenvalue weighted by atomic mass is 32.2. The van der Waals surface area contributed by atoms with Crippen LogP contribution in [0.5, 0.6) is 5.75 Å². The Balaban J connectivity index is 1.11. The van der Waals surface area contributed by atoms with E-state index in [0.717, 1.165) is 41.6 Å². The molecular weight excluding hydrogens is 605 g/mol. The number of aliphatic imine (C=N–C) groups is 1. The molecule has 2 heterocycles. The average Bonchev–Trinajstić information content (AvgIpc) is 3.64. The third-order valence-electron chi connectivity index (χ3n) is 7.11. The highest BCUT2D eigenvalue weighted by molar-refractivity contribution is 8.15. The van der Waals surface area contributed by atoms with Crippen LogP contribution in [-0.2, 0) is 17.6 Å². The molecule has 0 radical (unpaired) electrons. The molecule has 0 aliphatic carbocycles. The maximum Gasteiger partial charge on any atom is 0.573 e. The maximum atomic E-state index is 12.6. The first-order valence-electron chi connectivity index (χ1n) is 14.4. The van der Waals surface area contributed by atoms with Crippen LogP contribution < -0.4 is 15.0 Å². The number of para-hydroxylation sites is 1. The van der Waals surface area contributed by atoms with Gasteiger partial charge >= 0.3 is 12.4 Å². The lowest BCUT2D eigenvalue weighted by molar-refractivity contribution is -0.274. The fourth-order valence-electron chi connectivity index (χ4n) is 4.88. The van der Waals surface area contributed by atoms with Crippen LogP contribution in [0.25, 0.3) is 17.1 Å². The van der Waals surface area contributed by atoms with E-state index in [1.807, 2.05) is 55.5 Å². The molecule has 9 nitrogen and oxygen atoms in total. The van der Waals surface area contributed by atoms with E-state index in [1.165, 1.54) is 51.9 Å². The normalized spacial score (nSPS) is 15.0. The number of alkyl halides is 3. The van der Waals surface area contributed by atoms with E-state index in [9.17, 15) is 22.8 Å². The van der Waals surface area contributed by atoms with Gasteiger partial charge in [-0.15, -0.1) is 18.3 Å². The molecule has 1 N–H and O–H groups in total. The number of urea groups is 1. The number of aryl methyl sites for hydroxylation is 1. The molecule has 234 valence electrons. The van der Waals surface area contributed by atoms with Gasteiger partial charge in [0.25, 0.3) is 0 Å². The molecule has 1 saturated heterocycles. The van der Waals surface area contributed by atoms with Gasteiger partial charge in [-0.05, 0) is 66.6 Å². The zero-order valence-corrected chi connectivity index (χ0v) is 25.4. The quantitative estimate of drug-likeness (QED) is 0.205. The van der Waals surface area contributed by atoms with E-state index in [0.29, 0.717) is 23.2 Å². The van der Waals surface area contributed by atoms with E-state index < -0.39 is 12.4 Å². The Labute approximate surface area is 262 Å². The predicted molar refractivity (Wildman–Crippen MR) is 168 cm³/mol. The number of benzene rings is 3. The molecule has 1 atom stereocenters. The van der Waals surface area contributed by atoms with Crippen LogP contribution in [0, 0.1) is 5.92 Å². The van der Waals surface area contributed by atoms with Gasteiger partial charge in [-0.2, -0.15) is 4.99 Å². The summed E-state index contributed by atoms with van der Waals surface area (Å²) in [4.78, 5) is 35.2. The van der Waals surface area contributed by atoms with Gasteiger partial charge in [0, 0.05) is 12.1 Å². The van der Waals surface area contributed by atoms with Gasteiger partial charge in [0.15, 0.2) is 11.0 Å². The maximum absolute atomic E-state index is 12.6. The van der Waals surface area contributed by atoms with E-state index in [-0.39, 0.29) is 23.3 Å². The summed E-state index contributed by atoms with van der Waals surface area (Å²) in [5, 5.41) is 7.68. The average molecular weight is 637 g/mol. The van der Waals surface area contributed by atoms with Gasteiger partial charge < -0.3 is 10.1 Å². The molecule has 3 aromatic carbocycles. The second-order valence-electron chi connectivity index (χ2n) is 10.5. The summed E-state index contributed by atoms with van der Waals surface area (Å²) in [6.45, 7) is 4.57. The Morgan fingerprint density at radius 3 is 2.53 bits per heavy atom. The first-order chi connectivity index (χ1) is 21.6. The van der Waals surface area contributed by atoms with Crippen molar-refractivity contribution in [1.82, 2.24) is 20.1 Å². The third kappa shape index (κ3) is 8.29. The largest absolute Gasteiger partial charge is 0.573 e. The second-order valence-corrected chi connectivity index (χ2v) is 11.4. The molecule has 1 fully saturated rings. The number of hydrogen-bond donors (Lipinski definition) is 1. The summed E-state index contributed by atoms with van der Waals surface area (Å²) in [6.07, 6.45) is -0.956. The molecule has 0 saturated carbocycles. The smallest absolute Gasteiger partial charge is 0.406 e. The van der Waals surface area contributed by atoms with Gasteiger partial charge in [0.2, 0.25) is 5.91 Å². The number of aromatic nitrogens is 3. The van der Waals surface area contributed by atoms with Gasteiger partial charge in [-0.3, -0.25) is 9.69 Å². The molecule has 1 unspecified atom stereocenters. The number of rotatable bonds is 10. The minimum absolute atomic E-state index is 0.0932. The van der Waals surface area contributed by atoms with Crippen LogP contribution in [0.3, 0.4) is 0 Å². The number of nitrogens with zero attached hydrogens (tertiary/aromatic N) is 5. The number of anilines is 1. The number of amides is 3. The number of amidine groups is 1. The molecule has 0 spiro atoms. The molecule has 3 amide bonds. The van der Waals surface area contributed by atoms with Crippen molar-refractivity contribution in [2.45, 2.75) is 39.5 Å². The summed E-state index contributed by atoms with van der Waals surface area (Å²) < 4.78 is 42.6. The van der Waals surface area contributed by atoms with Crippen molar-refractivity contribution in [2.75, 3.05) is 17.2 Å². The van der Waals surface area contributed by atoms with Crippen molar-refractivity contribution in [1.29, 1.82) is 0 Å². The van der Waals surface area contributed by atoms with E-state index in [4.69, 9.17) is 0 Å². The number of ether oxygens (including phenoxy) is 1. The summed E-state index contributed by atoms with van der Waals surface area (Å²) in [6, 6.07) is 20.4. The van der Waals surface area contributed by atoms with Crippen LogP contribution in [0.2, 0.25) is 0 Å². The fraction of sp³-hybridized carbons (Fsp3) is 0.281. The van der Waals surface area contributed by atoms with Gasteiger partial charge in [0.05, 0.1) is 17.1 Å². The van der Waals surface area contributed by atoms with Crippen molar-refractivity contribution >= 4 is 34.6 Å². The molecule has 45 heavy (non-hydrogen) atoms. The fourth-order valence-corrected chi connectivity index (χ4v) is 5.73. The van der Waals surface area contributed by atoms with Crippen molar-refractivity contribution in [2.24, 2.45) is 10.9 Å². The molecular formula is C32H31F3N6O3S. The van der Waals surface area contributed by atoms with Crippen molar-refractivity contribution in [3.63, 3.8) is 0 Å². The SMILES string of the molecule is CCc1ccccc1N1C(=O)CS/C1=N\C(=O)NCCC(C)Cc1ccc(-c2ncn(-c3ccc(OC(F)(F)F)cc3)n2)cc1. The number of carbonyl (C=O) groups is 2. The Hall–Kier alpha value is -4.65. The summed E-state index contributed by atoms with van der Waals surface area (Å²) in [5.41, 5.74) is 4.23. The molecule has 5 rings (SSSR count). The van der Waals surface area contributed by atoms with Crippen LogP contribution in [0.1, 0.15) is 31.4 Å². The Morgan fingerprint density at radius 2 is 1.82 bits per heavy atom. The molecule has 13 heteroatoms. The number of thioether (sulfide) groups is 1. The van der Waals surface area contributed by atoms with E-state index in [1.54, 1.807) is 0 Å². The molecule has 0 bridgehead atoms. The number of nitrogens with one attached hydrogen (secondary N) is 1. The first kappa shape index (κ1) is 31.8. The Bertz CT molecular complexity index is 1670. The van der Waals surface area contributed by atoms with Crippen LogP contribution in [0.4, 0.5) is 23.7 Å². The number of carbonyl (C=O) groups excluding carboxylic acids is 2. The van der Waals surface area contributed by atoms with Crippen LogP contribution in [-0.4, -0.2) is 50.5 Å². The summed E-state index contributed by atoms with van der Waals surface area (Å²) in [7, 11) is 0. The minimum Gasteiger partial charge on any atom is -0.406 e. The number of hydrogen-bond acceptors (Lipinski definition) is 6. The monoisotopic (exact) mass is 636 g/mol. The standard InChI is InChI=1S/C32H31F3N6O3S/c1-3-23-6-4-5-7-27(23)41-28(42)19-45-31(41)38-30(43)36-17-16-21(2)18-22-8-10-24(11-9-22)29-37-20-40(39-29)25-12-14-26(15-13-25)44-32(33,34)35/h4-15,20-21H,3,16-19H2,1-2H3,(H,36,43)/b38-31-. The highest BCUT2D eigenvalue weighted by Gasteiger charge is 2.32. The predicted octanol–water partition coefficient (Wildman–Crippen LogP) is 6.81. The van der Waals surface area contributed by atoms with E-state index >= 15 is 0 Å². The van der Waals surface area contributed by atoms with Gasteiger partial charge in [0.1, 0.15) is 12.1 Å². The van der Waals surface area contributed by atoms with Crippen molar-refractivity contribution < 1.29 is 27.5 Å². The molecule has 1 aliphatic rings. The van der Waals surface area contributed by atoms with Crippen LogP contribution >= 0.6 is 11.8 Å². The topological polar surface area (TPSA) is 102 Å². The number of halogens is 3. The highest BCUT2D eigenvalue weighted by Crippen LogP contribution is 2.30.